The second-order valence-electron chi connectivity index (χ2n) is 10.3. The van der Waals surface area contributed by atoms with Gasteiger partial charge < -0.3 is 9.84 Å². The molecule has 1 saturated heterocycles. The standard InChI is InChI=1S/C24H36N2O2S.ClH/c1-23(2,3)18-12-16(13-19(22(18)27)24(4,5)6)20-15-29-21(25-20)14-26-10-8-17(28-7)9-11-26;/h12-13,15,17,27H,8-11,14H2,1-7H3;1H. The number of phenolic OH excluding ortho intramolecular Hbond substituents is 1. The van der Waals surface area contributed by atoms with Gasteiger partial charge >= 0.3 is 0 Å². The predicted molar refractivity (Wildman–Crippen MR) is 129 cm³/mol. The molecule has 1 aliphatic heterocycles. The van der Waals surface area contributed by atoms with E-state index in [1.807, 2.05) is 7.11 Å². The van der Waals surface area contributed by atoms with Gasteiger partial charge in [-0.05, 0) is 35.8 Å². The third-order valence-corrected chi connectivity index (χ3v) is 6.63. The Hall–Kier alpha value is -1.14. The van der Waals surface area contributed by atoms with Crippen molar-refractivity contribution in [3.05, 3.63) is 33.6 Å². The quantitative estimate of drug-likeness (QED) is 0.604. The van der Waals surface area contributed by atoms with Crippen LogP contribution in [0.3, 0.4) is 0 Å². The third-order valence-electron chi connectivity index (χ3n) is 5.80. The number of benzene rings is 1. The molecule has 0 unspecified atom stereocenters. The number of hydrogen-bond acceptors (Lipinski definition) is 5. The van der Waals surface area contributed by atoms with Crippen LogP contribution < -0.4 is 0 Å². The van der Waals surface area contributed by atoms with Gasteiger partial charge in [-0.3, -0.25) is 4.90 Å². The van der Waals surface area contributed by atoms with Crippen molar-refractivity contribution in [3.63, 3.8) is 0 Å². The van der Waals surface area contributed by atoms with Crippen LogP contribution in [0.25, 0.3) is 11.3 Å². The van der Waals surface area contributed by atoms with Gasteiger partial charge in [-0.1, -0.05) is 41.5 Å². The maximum atomic E-state index is 11.0. The lowest BCUT2D eigenvalue weighted by Gasteiger charge is -2.30. The molecule has 3 rings (SSSR count). The van der Waals surface area contributed by atoms with Gasteiger partial charge in [0.2, 0.25) is 0 Å². The SMILES string of the molecule is COC1CCN(Cc2nc(-c3cc(C(C)(C)C)c(O)c(C(C)(C)C)c3)cs2)CC1.Cl. The van der Waals surface area contributed by atoms with E-state index in [1.54, 1.807) is 11.3 Å². The average molecular weight is 453 g/mol. The molecule has 0 saturated carbocycles. The molecule has 0 radical (unpaired) electrons. The highest BCUT2D eigenvalue weighted by Gasteiger charge is 2.27. The van der Waals surface area contributed by atoms with Gasteiger partial charge in [-0.15, -0.1) is 23.7 Å². The van der Waals surface area contributed by atoms with Gasteiger partial charge in [0, 0.05) is 42.3 Å². The molecule has 1 aromatic heterocycles. The second-order valence-corrected chi connectivity index (χ2v) is 11.2. The predicted octanol–water partition coefficient (Wildman–Crippen LogP) is 6.14. The molecule has 0 aliphatic carbocycles. The molecule has 1 fully saturated rings. The van der Waals surface area contributed by atoms with Crippen LogP contribution >= 0.6 is 23.7 Å². The van der Waals surface area contributed by atoms with E-state index < -0.39 is 0 Å². The number of ether oxygens (including phenoxy) is 1. The first-order valence-corrected chi connectivity index (χ1v) is 11.4. The molecule has 0 atom stereocenters. The molecule has 1 aliphatic rings. The number of thiazole rings is 1. The molecule has 0 spiro atoms. The van der Waals surface area contributed by atoms with Gasteiger partial charge in [0.1, 0.15) is 10.8 Å². The Bertz CT molecular complexity index is 809. The Morgan fingerprint density at radius 3 is 2.07 bits per heavy atom. The van der Waals surface area contributed by atoms with E-state index in [2.05, 4.69) is 64.0 Å². The van der Waals surface area contributed by atoms with Gasteiger partial charge in [-0.25, -0.2) is 4.98 Å². The van der Waals surface area contributed by atoms with E-state index in [4.69, 9.17) is 9.72 Å². The van der Waals surface area contributed by atoms with Crippen molar-refractivity contribution in [3.8, 4) is 17.0 Å². The molecule has 2 heterocycles. The molecule has 30 heavy (non-hydrogen) atoms. The number of piperidine rings is 1. The number of methoxy groups -OCH3 is 1. The zero-order valence-corrected chi connectivity index (χ0v) is 21.0. The topological polar surface area (TPSA) is 45.6 Å². The fourth-order valence-corrected chi connectivity index (χ4v) is 4.78. The zero-order chi connectivity index (χ0) is 21.4. The molecule has 1 aromatic carbocycles. The Kier molecular flexibility index (Phi) is 8.00. The van der Waals surface area contributed by atoms with Crippen LogP contribution in [0.15, 0.2) is 17.5 Å². The normalized spacial score (nSPS) is 16.5. The Balaban J connectivity index is 0.00000320. The molecule has 2 aromatic rings. The van der Waals surface area contributed by atoms with Crippen molar-refractivity contribution in [2.24, 2.45) is 0 Å². The monoisotopic (exact) mass is 452 g/mol. The first-order valence-electron chi connectivity index (χ1n) is 10.6. The minimum Gasteiger partial charge on any atom is -0.507 e. The first-order chi connectivity index (χ1) is 13.5. The smallest absolute Gasteiger partial charge is 0.123 e. The van der Waals surface area contributed by atoms with Gasteiger partial charge in [-0.2, -0.15) is 0 Å². The van der Waals surface area contributed by atoms with Gasteiger partial charge in [0.25, 0.3) is 0 Å². The summed E-state index contributed by atoms with van der Waals surface area (Å²) in [6.45, 7) is 15.9. The Morgan fingerprint density at radius 1 is 1.07 bits per heavy atom. The zero-order valence-electron chi connectivity index (χ0n) is 19.4. The summed E-state index contributed by atoms with van der Waals surface area (Å²) in [5.74, 6) is 0.421. The Labute approximate surface area is 192 Å². The minimum absolute atomic E-state index is 0. The highest BCUT2D eigenvalue weighted by molar-refractivity contribution is 7.09. The van der Waals surface area contributed by atoms with E-state index in [9.17, 15) is 5.11 Å². The van der Waals surface area contributed by atoms with Crippen LogP contribution in [0.4, 0.5) is 0 Å². The number of aromatic nitrogens is 1. The summed E-state index contributed by atoms with van der Waals surface area (Å²) in [5, 5.41) is 14.3. The maximum absolute atomic E-state index is 11.0. The minimum atomic E-state index is -0.134. The number of likely N-dealkylation sites (tertiary alicyclic amines) is 1. The summed E-state index contributed by atoms with van der Waals surface area (Å²) < 4.78 is 5.48. The number of nitrogens with zero attached hydrogens (tertiary/aromatic N) is 2. The molecular formula is C24H37ClN2O2S. The summed E-state index contributed by atoms with van der Waals surface area (Å²) in [6, 6.07) is 4.24. The molecule has 6 heteroatoms. The average Bonchev–Trinajstić information content (AvgIpc) is 3.09. The van der Waals surface area contributed by atoms with Gasteiger partial charge in [0.15, 0.2) is 0 Å². The summed E-state index contributed by atoms with van der Waals surface area (Å²) in [7, 11) is 1.81. The lowest BCUT2D eigenvalue weighted by molar-refractivity contribution is 0.0388. The van der Waals surface area contributed by atoms with Crippen molar-refractivity contribution < 1.29 is 9.84 Å². The first kappa shape index (κ1) is 25.1. The Morgan fingerprint density at radius 2 is 1.60 bits per heavy atom. The number of rotatable bonds is 4. The highest BCUT2D eigenvalue weighted by atomic mass is 35.5. The van der Waals surface area contributed by atoms with E-state index in [-0.39, 0.29) is 23.2 Å². The lowest BCUT2D eigenvalue weighted by atomic mass is 9.78. The second kappa shape index (κ2) is 9.56. The molecule has 4 nitrogen and oxygen atoms in total. The number of halogens is 1. The summed E-state index contributed by atoms with van der Waals surface area (Å²) >= 11 is 1.73. The number of hydrogen-bond donors (Lipinski definition) is 1. The van der Waals surface area contributed by atoms with Gasteiger partial charge in [0.05, 0.1) is 18.3 Å². The summed E-state index contributed by atoms with van der Waals surface area (Å²) in [5.41, 5.74) is 3.80. The molecule has 1 N–H and O–H groups in total. The van der Waals surface area contributed by atoms with Crippen LogP contribution in [0.5, 0.6) is 5.75 Å². The largest absolute Gasteiger partial charge is 0.507 e. The number of aromatic hydroxyl groups is 1. The van der Waals surface area contributed by atoms with Crippen molar-refractivity contribution in [2.45, 2.75) is 77.9 Å². The van der Waals surface area contributed by atoms with E-state index in [0.29, 0.717) is 11.9 Å². The highest BCUT2D eigenvalue weighted by Crippen LogP contribution is 2.42. The summed E-state index contributed by atoms with van der Waals surface area (Å²) in [6.07, 6.45) is 2.59. The van der Waals surface area contributed by atoms with E-state index >= 15 is 0 Å². The van der Waals surface area contributed by atoms with Crippen LogP contribution in [-0.2, 0) is 22.1 Å². The van der Waals surface area contributed by atoms with Crippen molar-refractivity contribution in [1.29, 1.82) is 0 Å². The lowest BCUT2D eigenvalue weighted by Crippen LogP contribution is -2.36. The van der Waals surface area contributed by atoms with Crippen LogP contribution in [0.1, 0.15) is 70.5 Å². The van der Waals surface area contributed by atoms with E-state index in [1.165, 1.54) is 0 Å². The van der Waals surface area contributed by atoms with Crippen LogP contribution in [0.2, 0.25) is 0 Å². The molecule has 0 bridgehead atoms. The van der Waals surface area contributed by atoms with Crippen LogP contribution in [0, 0.1) is 0 Å². The molecule has 0 amide bonds. The van der Waals surface area contributed by atoms with E-state index in [0.717, 1.165) is 59.9 Å². The fourth-order valence-electron chi connectivity index (χ4n) is 3.94. The molecule has 168 valence electrons. The van der Waals surface area contributed by atoms with Crippen molar-refractivity contribution in [2.75, 3.05) is 20.2 Å². The molecular weight excluding hydrogens is 416 g/mol. The van der Waals surface area contributed by atoms with Crippen molar-refractivity contribution >= 4 is 23.7 Å². The number of phenols is 1. The summed E-state index contributed by atoms with van der Waals surface area (Å²) in [4.78, 5) is 7.42. The third kappa shape index (κ3) is 5.76. The van der Waals surface area contributed by atoms with Crippen LogP contribution in [-0.4, -0.2) is 41.3 Å². The maximum Gasteiger partial charge on any atom is 0.123 e. The fraction of sp³-hybridized carbons (Fsp3) is 0.625. The van der Waals surface area contributed by atoms with Crippen molar-refractivity contribution in [1.82, 2.24) is 9.88 Å².